The molecule has 0 saturated carbocycles. The van der Waals surface area contributed by atoms with Crippen molar-refractivity contribution in [1.29, 1.82) is 0 Å². The molecule has 17 heavy (non-hydrogen) atoms. The molecule has 2 rings (SSSR count). The molecule has 1 aromatic carbocycles. The van der Waals surface area contributed by atoms with Crippen LogP contribution < -0.4 is 4.74 Å². The van der Waals surface area contributed by atoms with Crippen molar-refractivity contribution in [2.24, 2.45) is 0 Å². The predicted octanol–water partition coefficient (Wildman–Crippen LogP) is 3.25. The van der Waals surface area contributed by atoms with Gasteiger partial charge in [-0.1, -0.05) is 32.9 Å². The van der Waals surface area contributed by atoms with Crippen molar-refractivity contribution in [1.82, 2.24) is 4.98 Å². The Labute approximate surface area is 101 Å². The van der Waals surface area contributed by atoms with E-state index >= 15 is 0 Å². The number of fused-ring (bicyclic) bond motifs is 1. The van der Waals surface area contributed by atoms with Gasteiger partial charge in [-0.3, -0.25) is 0 Å². The van der Waals surface area contributed by atoms with Gasteiger partial charge in [-0.05, 0) is 12.1 Å². The number of benzene rings is 1. The molecule has 1 heterocycles. The fraction of sp³-hybridized carbons (Fsp3) is 0.357. The molecule has 0 aliphatic heterocycles. The summed E-state index contributed by atoms with van der Waals surface area (Å²) in [6.45, 7) is 6.07. The molecule has 0 bridgehead atoms. The average molecular weight is 231 g/mol. The monoisotopic (exact) mass is 231 g/mol. The van der Waals surface area contributed by atoms with Crippen molar-refractivity contribution in [2.45, 2.75) is 26.2 Å². The summed E-state index contributed by atoms with van der Waals surface area (Å²) in [6.07, 6.45) is 0. The summed E-state index contributed by atoms with van der Waals surface area (Å²) in [4.78, 5) is 4.54. The van der Waals surface area contributed by atoms with Crippen molar-refractivity contribution < 1.29 is 9.84 Å². The van der Waals surface area contributed by atoms with E-state index in [9.17, 15) is 5.11 Å². The van der Waals surface area contributed by atoms with Crippen LogP contribution in [0.15, 0.2) is 24.3 Å². The fourth-order valence-corrected chi connectivity index (χ4v) is 1.88. The Kier molecular flexibility index (Phi) is 2.69. The molecular weight excluding hydrogens is 214 g/mol. The molecule has 0 aliphatic rings. The first-order chi connectivity index (χ1) is 7.93. The van der Waals surface area contributed by atoms with Crippen LogP contribution in [0.4, 0.5) is 0 Å². The van der Waals surface area contributed by atoms with Gasteiger partial charge in [-0.15, -0.1) is 0 Å². The zero-order valence-corrected chi connectivity index (χ0v) is 10.6. The standard InChI is InChI=1S/C14H17NO2/c1-14(2,3)13-10(16)8-9-6-5-7-11(17-4)12(9)15-13/h5-8,16H,1-4H3. The molecule has 1 N–H and O–H groups in total. The van der Waals surface area contributed by atoms with Crippen LogP contribution in [0.2, 0.25) is 0 Å². The minimum atomic E-state index is -0.195. The number of methoxy groups -OCH3 is 1. The molecule has 1 aromatic heterocycles. The molecular formula is C14H17NO2. The van der Waals surface area contributed by atoms with Crippen molar-refractivity contribution in [3.05, 3.63) is 30.0 Å². The minimum Gasteiger partial charge on any atom is -0.506 e. The first-order valence-electron chi connectivity index (χ1n) is 5.60. The van der Waals surface area contributed by atoms with Gasteiger partial charge < -0.3 is 9.84 Å². The second kappa shape index (κ2) is 3.91. The number of hydrogen-bond donors (Lipinski definition) is 1. The molecule has 0 aliphatic carbocycles. The van der Waals surface area contributed by atoms with Gasteiger partial charge in [-0.25, -0.2) is 4.98 Å². The Morgan fingerprint density at radius 1 is 1.24 bits per heavy atom. The number of pyridine rings is 1. The molecule has 0 atom stereocenters. The van der Waals surface area contributed by atoms with E-state index in [0.29, 0.717) is 5.69 Å². The zero-order valence-electron chi connectivity index (χ0n) is 10.6. The van der Waals surface area contributed by atoms with E-state index in [2.05, 4.69) is 4.98 Å². The number of aromatic nitrogens is 1. The van der Waals surface area contributed by atoms with Crippen molar-refractivity contribution >= 4 is 10.9 Å². The van der Waals surface area contributed by atoms with Gasteiger partial charge >= 0.3 is 0 Å². The van der Waals surface area contributed by atoms with Gasteiger partial charge in [0.1, 0.15) is 17.0 Å². The number of nitrogens with zero attached hydrogens (tertiary/aromatic N) is 1. The molecule has 3 heteroatoms. The highest BCUT2D eigenvalue weighted by molar-refractivity contribution is 5.86. The number of para-hydroxylation sites is 1. The predicted molar refractivity (Wildman–Crippen MR) is 68.7 cm³/mol. The summed E-state index contributed by atoms with van der Waals surface area (Å²) >= 11 is 0. The summed E-state index contributed by atoms with van der Waals surface area (Å²) < 4.78 is 5.29. The largest absolute Gasteiger partial charge is 0.506 e. The number of rotatable bonds is 1. The number of ether oxygens (including phenoxy) is 1. The summed E-state index contributed by atoms with van der Waals surface area (Å²) in [7, 11) is 1.63. The summed E-state index contributed by atoms with van der Waals surface area (Å²) in [5.41, 5.74) is 1.28. The molecule has 0 saturated heterocycles. The Hall–Kier alpha value is -1.77. The van der Waals surface area contributed by atoms with Crippen molar-refractivity contribution in [3.8, 4) is 11.5 Å². The van der Waals surface area contributed by atoms with Gasteiger partial charge in [-0.2, -0.15) is 0 Å². The normalized spacial score (nSPS) is 11.8. The number of aromatic hydroxyl groups is 1. The minimum absolute atomic E-state index is 0.195. The third kappa shape index (κ3) is 2.05. The van der Waals surface area contributed by atoms with E-state index in [-0.39, 0.29) is 11.2 Å². The van der Waals surface area contributed by atoms with Crippen molar-refractivity contribution in [2.75, 3.05) is 7.11 Å². The highest BCUT2D eigenvalue weighted by Gasteiger charge is 2.21. The third-order valence-corrected chi connectivity index (χ3v) is 2.72. The van der Waals surface area contributed by atoms with Crippen LogP contribution in [0, 0.1) is 0 Å². The van der Waals surface area contributed by atoms with Gasteiger partial charge in [0.2, 0.25) is 0 Å². The maximum absolute atomic E-state index is 10.0. The molecule has 2 aromatic rings. The highest BCUT2D eigenvalue weighted by atomic mass is 16.5. The SMILES string of the molecule is COc1cccc2cc(O)c(C(C)(C)C)nc12. The lowest BCUT2D eigenvalue weighted by Gasteiger charge is -2.20. The molecule has 3 nitrogen and oxygen atoms in total. The fourth-order valence-electron chi connectivity index (χ4n) is 1.88. The lowest BCUT2D eigenvalue weighted by atomic mass is 9.90. The summed E-state index contributed by atoms with van der Waals surface area (Å²) in [5, 5.41) is 10.9. The van der Waals surface area contributed by atoms with Crippen molar-refractivity contribution in [3.63, 3.8) is 0 Å². The van der Waals surface area contributed by atoms with Crippen LogP contribution in [0.25, 0.3) is 10.9 Å². The Morgan fingerprint density at radius 3 is 2.53 bits per heavy atom. The smallest absolute Gasteiger partial charge is 0.145 e. The van der Waals surface area contributed by atoms with Gasteiger partial charge in [0, 0.05) is 10.8 Å². The Bertz CT molecular complexity index is 556. The van der Waals surface area contributed by atoms with Gasteiger partial charge in [0.05, 0.1) is 12.8 Å². The molecule has 0 radical (unpaired) electrons. The second-order valence-electron chi connectivity index (χ2n) is 5.14. The van der Waals surface area contributed by atoms with Gasteiger partial charge in [0.25, 0.3) is 0 Å². The maximum atomic E-state index is 10.0. The quantitative estimate of drug-likeness (QED) is 0.819. The second-order valence-corrected chi connectivity index (χ2v) is 5.14. The Morgan fingerprint density at radius 2 is 1.94 bits per heavy atom. The summed E-state index contributed by atoms with van der Waals surface area (Å²) in [6, 6.07) is 7.42. The van der Waals surface area contributed by atoms with E-state index in [1.807, 2.05) is 39.0 Å². The summed E-state index contributed by atoms with van der Waals surface area (Å²) in [5.74, 6) is 0.964. The first-order valence-corrected chi connectivity index (χ1v) is 5.60. The molecule has 90 valence electrons. The van der Waals surface area contributed by atoms with Crippen LogP contribution >= 0.6 is 0 Å². The van der Waals surface area contributed by atoms with E-state index in [1.165, 1.54) is 0 Å². The molecule has 0 amide bonds. The number of hydrogen-bond acceptors (Lipinski definition) is 3. The van der Waals surface area contributed by atoms with E-state index < -0.39 is 0 Å². The molecule has 0 fully saturated rings. The maximum Gasteiger partial charge on any atom is 0.145 e. The third-order valence-electron chi connectivity index (χ3n) is 2.72. The van der Waals surface area contributed by atoms with Crippen LogP contribution in [-0.2, 0) is 5.41 Å². The lowest BCUT2D eigenvalue weighted by molar-refractivity contribution is 0.417. The van der Waals surface area contributed by atoms with Crippen LogP contribution in [0.5, 0.6) is 11.5 Å². The Balaban J connectivity index is 2.78. The van der Waals surface area contributed by atoms with E-state index in [0.717, 1.165) is 16.7 Å². The first kappa shape index (κ1) is 11.7. The molecule has 0 unspecified atom stereocenters. The van der Waals surface area contributed by atoms with Gasteiger partial charge in [0.15, 0.2) is 0 Å². The highest BCUT2D eigenvalue weighted by Crippen LogP contribution is 2.34. The molecule has 0 spiro atoms. The topological polar surface area (TPSA) is 42.4 Å². The van der Waals surface area contributed by atoms with E-state index in [4.69, 9.17) is 4.74 Å². The zero-order chi connectivity index (χ0) is 12.6. The van der Waals surface area contributed by atoms with Crippen LogP contribution in [-0.4, -0.2) is 17.2 Å². The lowest BCUT2D eigenvalue weighted by Crippen LogP contribution is -2.13. The van der Waals surface area contributed by atoms with Crippen LogP contribution in [0.3, 0.4) is 0 Å². The van der Waals surface area contributed by atoms with E-state index in [1.54, 1.807) is 13.2 Å². The van der Waals surface area contributed by atoms with Crippen LogP contribution in [0.1, 0.15) is 26.5 Å². The average Bonchev–Trinajstić information content (AvgIpc) is 2.25.